The summed E-state index contributed by atoms with van der Waals surface area (Å²) in [5.74, 6) is 2.58. The van der Waals surface area contributed by atoms with Crippen molar-refractivity contribution >= 4 is 17.0 Å². The molecule has 0 saturated carbocycles. The molecule has 0 aliphatic carbocycles. The highest BCUT2D eigenvalue weighted by atomic mass is 16.5. The summed E-state index contributed by atoms with van der Waals surface area (Å²) in [6, 6.07) is 0. The van der Waals surface area contributed by atoms with E-state index in [0.29, 0.717) is 5.92 Å². The quantitative estimate of drug-likeness (QED) is 0.774. The Morgan fingerprint density at radius 2 is 1.86 bits per heavy atom. The average molecular weight is 389 g/mol. The van der Waals surface area contributed by atoms with E-state index in [0.717, 1.165) is 81.6 Å². The summed E-state index contributed by atoms with van der Waals surface area (Å²) in [6.07, 6.45) is 3.96. The second kappa shape index (κ2) is 7.93. The van der Waals surface area contributed by atoms with Crippen LogP contribution in [0.3, 0.4) is 0 Å². The van der Waals surface area contributed by atoms with Gasteiger partial charge in [-0.25, -0.2) is 15.0 Å². The molecule has 0 aromatic carbocycles. The average Bonchev–Trinajstić information content (AvgIpc) is 3.05. The number of likely N-dealkylation sites (tertiary alicyclic amines) is 1. The van der Waals surface area contributed by atoms with Crippen molar-refractivity contribution in [3.8, 4) is 0 Å². The molecule has 4 heterocycles. The molecule has 2 saturated heterocycles. The maximum Gasteiger partial charge on any atom is 0.165 e. The number of fused-ring (bicyclic) bond motifs is 1. The highest BCUT2D eigenvalue weighted by Gasteiger charge is 2.32. The van der Waals surface area contributed by atoms with Gasteiger partial charge in [0.15, 0.2) is 17.0 Å². The van der Waals surface area contributed by atoms with Gasteiger partial charge in [0.25, 0.3) is 0 Å². The molecule has 0 spiro atoms. The van der Waals surface area contributed by atoms with Gasteiger partial charge in [0.2, 0.25) is 0 Å². The molecule has 28 heavy (non-hydrogen) atoms. The van der Waals surface area contributed by atoms with Crippen LogP contribution >= 0.6 is 0 Å². The van der Waals surface area contributed by atoms with E-state index in [1.165, 1.54) is 0 Å². The lowest BCUT2D eigenvalue weighted by molar-refractivity contribution is -0.0495. The largest absolute Gasteiger partial charge is 0.379 e. The fourth-order valence-electron chi connectivity index (χ4n) is 4.33. The van der Waals surface area contributed by atoms with Crippen LogP contribution in [0, 0.1) is 5.92 Å². The summed E-state index contributed by atoms with van der Waals surface area (Å²) < 4.78 is 13.3. The Morgan fingerprint density at radius 1 is 1.14 bits per heavy atom. The van der Waals surface area contributed by atoms with E-state index in [9.17, 15) is 0 Å². The summed E-state index contributed by atoms with van der Waals surface area (Å²) in [4.78, 5) is 18.7. The number of rotatable bonds is 5. The van der Waals surface area contributed by atoms with Crippen molar-refractivity contribution in [3.63, 3.8) is 0 Å². The molecule has 0 radical (unpaired) electrons. The van der Waals surface area contributed by atoms with Crippen LogP contribution < -0.4 is 4.90 Å². The second-order valence-corrected chi connectivity index (χ2v) is 8.41. The van der Waals surface area contributed by atoms with E-state index in [2.05, 4.69) is 45.2 Å². The zero-order valence-corrected chi connectivity index (χ0v) is 17.5. The molecule has 0 atom stereocenters. The zero-order valence-electron chi connectivity index (χ0n) is 17.5. The van der Waals surface area contributed by atoms with Crippen LogP contribution in [0.1, 0.15) is 32.5 Å². The molecule has 154 valence electrons. The molecule has 8 heteroatoms. The lowest BCUT2D eigenvalue weighted by Gasteiger charge is -2.39. The highest BCUT2D eigenvalue weighted by Crippen LogP contribution is 2.31. The minimum absolute atomic E-state index is 0.0490. The minimum Gasteiger partial charge on any atom is -0.379 e. The van der Waals surface area contributed by atoms with E-state index < -0.39 is 0 Å². The summed E-state index contributed by atoms with van der Waals surface area (Å²) in [6.45, 7) is 10.5. The molecule has 0 N–H and O–H groups in total. The molecule has 2 aromatic heterocycles. The standard InChI is InChI=1S/C20H32N6O2/c1-20(2,27-4)15-5-7-25(8-6-15)13-16-23-17-18(24(16)3)21-14-22-19(17)26-9-11-28-12-10-26/h14-15H,5-13H2,1-4H3. The van der Waals surface area contributed by atoms with Crippen LogP contribution in [-0.4, -0.2) is 76.5 Å². The van der Waals surface area contributed by atoms with Crippen molar-refractivity contribution in [1.82, 2.24) is 24.4 Å². The van der Waals surface area contributed by atoms with Crippen molar-refractivity contribution in [2.45, 2.75) is 38.8 Å². The monoisotopic (exact) mass is 388 g/mol. The number of aromatic nitrogens is 4. The van der Waals surface area contributed by atoms with Gasteiger partial charge >= 0.3 is 0 Å². The number of imidazole rings is 1. The van der Waals surface area contributed by atoms with Crippen LogP contribution in [0.4, 0.5) is 5.82 Å². The first-order chi connectivity index (χ1) is 13.5. The van der Waals surface area contributed by atoms with E-state index in [4.69, 9.17) is 14.5 Å². The lowest BCUT2D eigenvalue weighted by atomic mass is 9.83. The van der Waals surface area contributed by atoms with Crippen LogP contribution in [-0.2, 0) is 23.1 Å². The van der Waals surface area contributed by atoms with E-state index in [1.54, 1.807) is 6.33 Å². The molecular weight excluding hydrogens is 356 g/mol. The third-order valence-electron chi connectivity index (χ3n) is 6.50. The molecule has 0 amide bonds. The number of piperidine rings is 1. The first kappa shape index (κ1) is 19.5. The van der Waals surface area contributed by atoms with Gasteiger partial charge in [-0.1, -0.05) is 0 Å². The number of nitrogens with zero attached hydrogens (tertiary/aromatic N) is 6. The van der Waals surface area contributed by atoms with Gasteiger partial charge in [-0.05, 0) is 45.7 Å². The van der Waals surface area contributed by atoms with Gasteiger partial charge in [0.05, 0.1) is 25.4 Å². The van der Waals surface area contributed by atoms with Crippen LogP contribution in [0.5, 0.6) is 0 Å². The van der Waals surface area contributed by atoms with Crippen molar-refractivity contribution in [2.75, 3.05) is 51.4 Å². The van der Waals surface area contributed by atoms with E-state index in [1.807, 2.05) is 7.11 Å². The molecule has 8 nitrogen and oxygen atoms in total. The minimum atomic E-state index is -0.0490. The molecule has 4 rings (SSSR count). The first-order valence-corrected chi connectivity index (χ1v) is 10.3. The molecule has 2 aliphatic rings. The zero-order chi connectivity index (χ0) is 19.7. The third kappa shape index (κ3) is 3.73. The van der Waals surface area contributed by atoms with Gasteiger partial charge in [-0.2, -0.15) is 0 Å². The molecule has 2 aromatic rings. The number of morpholine rings is 1. The Hall–Kier alpha value is -1.77. The molecule has 0 unspecified atom stereocenters. The third-order valence-corrected chi connectivity index (χ3v) is 6.50. The van der Waals surface area contributed by atoms with Crippen LogP contribution in [0.25, 0.3) is 11.2 Å². The lowest BCUT2D eigenvalue weighted by Crippen LogP contribution is -2.42. The number of hydrogen-bond acceptors (Lipinski definition) is 7. The Balaban J connectivity index is 1.50. The van der Waals surface area contributed by atoms with Gasteiger partial charge in [0.1, 0.15) is 12.2 Å². The number of aryl methyl sites for hydroxylation is 1. The maximum atomic E-state index is 5.70. The number of ether oxygens (including phenoxy) is 2. The number of methoxy groups -OCH3 is 1. The Kier molecular flexibility index (Phi) is 5.53. The second-order valence-electron chi connectivity index (χ2n) is 8.41. The van der Waals surface area contributed by atoms with Crippen LogP contribution in [0.15, 0.2) is 6.33 Å². The Labute approximate surface area is 166 Å². The van der Waals surface area contributed by atoms with Gasteiger partial charge in [0, 0.05) is 27.2 Å². The smallest absolute Gasteiger partial charge is 0.165 e. The summed E-state index contributed by atoms with van der Waals surface area (Å²) in [5.41, 5.74) is 1.76. The molecule has 0 bridgehead atoms. The van der Waals surface area contributed by atoms with E-state index in [-0.39, 0.29) is 5.60 Å². The normalized spacial score (nSPS) is 20.2. The topological polar surface area (TPSA) is 68.5 Å². The molecule has 2 fully saturated rings. The van der Waals surface area contributed by atoms with Crippen molar-refractivity contribution in [2.24, 2.45) is 13.0 Å². The first-order valence-electron chi connectivity index (χ1n) is 10.3. The number of anilines is 1. The predicted molar refractivity (Wildman–Crippen MR) is 108 cm³/mol. The summed E-state index contributed by atoms with van der Waals surface area (Å²) in [5, 5.41) is 0. The van der Waals surface area contributed by atoms with Crippen molar-refractivity contribution < 1.29 is 9.47 Å². The maximum absolute atomic E-state index is 5.70. The summed E-state index contributed by atoms with van der Waals surface area (Å²) in [7, 11) is 3.88. The van der Waals surface area contributed by atoms with Gasteiger partial charge < -0.3 is 18.9 Å². The van der Waals surface area contributed by atoms with Gasteiger partial charge in [-0.15, -0.1) is 0 Å². The Morgan fingerprint density at radius 3 is 2.54 bits per heavy atom. The van der Waals surface area contributed by atoms with Crippen molar-refractivity contribution in [3.05, 3.63) is 12.2 Å². The molecular formula is C20H32N6O2. The molecule has 2 aliphatic heterocycles. The SMILES string of the molecule is COC(C)(C)C1CCN(Cc2nc3c(N4CCOCC4)ncnc3n2C)CC1. The predicted octanol–water partition coefficient (Wildman–Crippen LogP) is 1.84. The van der Waals surface area contributed by atoms with E-state index >= 15 is 0 Å². The van der Waals surface area contributed by atoms with Crippen molar-refractivity contribution in [1.29, 1.82) is 0 Å². The fraction of sp³-hybridized carbons (Fsp3) is 0.750. The number of hydrogen-bond donors (Lipinski definition) is 0. The van der Waals surface area contributed by atoms with Gasteiger partial charge in [-0.3, -0.25) is 4.90 Å². The fourth-order valence-corrected chi connectivity index (χ4v) is 4.33. The van der Waals surface area contributed by atoms with Crippen LogP contribution in [0.2, 0.25) is 0 Å². The Bertz CT molecular complexity index is 806. The summed E-state index contributed by atoms with van der Waals surface area (Å²) >= 11 is 0. The highest BCUT2D eigenvalue weighted by molar-refractivity contribution is 5.83.